The van der Waals surface area contributed by atoms with Crippen LogP contribution in [0.1, 0.15) is 32.4 Å². The first-order valence-corrected chi connectivity index (χ1v) is 7.99. The van der Waals surface area contributed by atoms with Crippen LogP contribution in [0, 0.1) is 0 Å². The molecule has 0 unspecified atom stereocenters. The van der Waals surface area contributed by atoms with Crippen molar-refractivity contribution in [3.05, 3.63) is 48.7 Å². The predicted octanol–water partition coefficient (Wildman–Crippen LogP) is 3.48. The minimum absolute atomic E-state index is 0.102. The van der Waals surface area contributed by atoms with Crippen molar-refractivity contribution in [2.45, 2.75) is 32.7 Å². The number of rotatable bonds is 5. The number of carbonyl (C=O) groups is 1. The number of aliphatic imine (C=N–C) groups is 1. The Morgan fingerprint density at radius 2 is 2.21 bits per heavy atom. The predicted molar refractivity (Wildman–Crippen MR) is 95.9 cm³/mol. The number of ether oxygens (including phenoxy) is 1. The van der Waals surface area contributed by atoms with Crippen LogP contribution in [0.2, 0.25) is 0 Å². The van der Waals surface area contributed by atoms with Crippen LogP contribution in [0.4, 0.5) is 4.79 Å². The first-order chi connectivity index (χ1) is 11.6. The number of imidazole rings is 1. The van der Waals surface area contributed by atoms with Crippen molar-refractivity contribution in [3.8, 4) is 0 Å². The maximum atomic E-state index is 12.9. The van der Waals surface area contributed by atoms with Crippen molar-refractivity contribution < 1.29 is 9.53 Å². The molecule has 0 aliphatic carbocycles. The van der Waals surface area contributed by atoms with Crippen LogP contribution in [0.3, 0.4) is 0 Å². The first kappa shape index (κ1) is 17.9. The Labute approximate surface area is 142 Å². The normalized spacial score (nSPS) is 16.3. The Bertz CT molecular complexity index is 666. The number of hydrogen-bond acceptors (Lipinski definition) is 4. The fourth-order valence-electron chi connectivity index (χ4n) is 2.67. The fraction of sp³-hybridized carbons (Fsp3) is 0.389. The molecule has 1 fully saturated rings. The third-order valence-corrected chi connectivity index (χ3v) is 3.86. The Morgan fingerprint density at radius 1 is 1.50 bits per heavy atom. The van der Waals surface area contributed by atoms with Crippen molar-refractivity contribution in [2.24, 2.45) is 4.99 Å². The van der Waals surface area contributed by atoms with Crippen LogP contribution in [-0.4, -0.2) is 46.5 Å². The SMILES string of the molecule is C=NC(=CC=CC)c1cn(C(=O)N(C(=C)C)C2CCOCC2)cn1. The molecule has 1 aliphatic heterocycles. The van der Waals surface area contributed by atoms with E-state index >= 15 is 0 Å². The van der Waals surface area contributed by atoms with Crippen LogP contribution in [0.25, 0.3) is 5.70 Å². The number of hydrogen-bond donors (Lipinski definition) is 0. The largest absolute Gasteiger partial charge is 0.381 e. The van der Waals surface area contributed by atoms with Crippen molar-refractivity contribution in [2.75, 3.05) is 13.2 Å². The van der Waals surface area contributed by atoms with E-state index in [-0.39, 0.29) is 12.1 Å². The molecule has 0 spiro atoms. The topological polar surface area (TPSA) is 59.7 Å². The second kappa shape index (κ2) is 8.40. The molecule has 0 N–H and O–H groups in total. The lowest BCUT2D eigenvalue weighted by molar-refractivity contribution is 0.0548. The lowest BCUT2D eigenvalue weighted by Gasteiger charge is -2.34. The lowest BCUT2D eigenvalue weighted by atomic mass is 10.1. The second-order valence-corrected chi connectivity index (χ2v) is 5.63. The van der Waals surface area contributed by atoms with E-state index in [9.17, 15) is 4.79 Å². The van der Waals surface area contributed by atoms with Crippen LogP contribution in [0.15, 0.2) is 48.0 Å². The van der Waals surface area contributed by atoms with Crippen molar-refractivity contribution >= 4 is 18.4 Å². The number of aromatic nitrogens is 2. The standard InChI is InChI=1S/C18H24N4O2/c1-5-6-7-16(19-4)17-12-21(13-20-17)18(23)22(14(2)3)15-8-10-24-11-9-15/h5-7,12-13,15H,2,4,8-11H2,1,3H3. The first-order valence-electron chi connectivity index (χ1n) is 7.99. The van der Waals surface area contributed by atoms with E-state index in [1.807, 2.05) is 26.0 Å². The molecule has 0 atom stereocenters. The molecular weight excluding hydrogens is 304 g/mol. The second-order valence-electron chi connectivity index (χ2n) is 5.63. The van der Waals surface area contributed by atoms with E-state index in [1.165, 1.54) is 10.9 Å². The van der Waals surface area contributed by atoms with Gasteiger partial charge in [-0.05, 0) is 39.5 Å². The minimum atomic E-state index is -0.164. The van der Waals surface area contributed by atoms with E-state index < -0.39 is 0 Å². The van der Waals surface area contributed by atoms with E-state index in [2.05, 4.69) is 23.3 Å². The highest BCUT2D eigenvalue weighted by Crippen LogP contribution is 2.21. The van der Waals surface area contributed by atoms with E-state index in [0.717, 1.165) is 12.8 Å². The summed E-state index contributed by atoms with van der Waals surface area (Å²) < 4.78 is 6.85. The van der Waals surface area contributed by atoms with Gasteiger partial charge < -0.3 is 4.74 Å². The lowest BCUT2D eigenvalue weighted by Crippen LogP contribution is -2.43. The van der Waals surface area contributed by atoms with Gasteiger partial charge in [0.2, 0.25) is 0 Å². The van der Waals surface area contributed by atoms with Crippen LogP contribution in [-0.2, 0) is 4.74 Å². The van der Waals surface area contributed by atoms with E-state index in [4.69, 9.17) is 4.74 Å². The van der Waals surface area contributed by atoms with Gasteiger partial charge in [-0.25, -0.2) is 9.78 Å². The third kappa shape index (κ3) is 4.08. The molecule has 0 aromatic carbocycles. The summed E-state index contributed by atoms with van der Waals surface area (Å²) in [6.07, 6.45) is 10.3. The summed E-state index contributed by atoms with van der Waals surface area (Å²) in [6.45, 7) is 12.6. The molecule has 1 aromatic heterocycles. The summed E-state index contributed by atoms with van der Waals surface area (Å²) in [4.78, 5) is 22.9. The monoisotopic (exact) mass is 328 g/mol. The molecular formula is C18H24N4O2. The molecule has 1 saturated heterocycles. The summed E-state index contributed by atoms with van der Waals surface area (Å²) in [7, 11) is 0. The van der Waals surface area contributed by atoms with Gasteiger partial charge in [0.25, 0.3) is 0 Å². The van der Waals surface area contributed by atoms with Crippen LogP contribution in [0.5, 0.6) is 0 Å². The van der Waals surface area contributed by atoms with Crippen molar-refractivity contribution in [1.29, 1.82) is 0 Å². The Hall–Kier alpha value is -2.47. The highest BCUT2D eigenvalue weighted by atomic mass is 16.5. The van der Waals surface area contributed by atoms with Gasteiger partial charge in [0.15, 0.2) is 0 Å². The maximum Gasteiger partial charge on any atom is 0.333 e. The molecule has 0 saturated carbocycles. The minimum Gasteiger partial charge on any atom is -0.381 e. The molecule has 6 heteroatoms. The van der Waals surface area contributed by atoms with Crippen LogP contribution < -0.4 is 0 Å². The summed E-state index contributed by atoms with van der Waals surface area (Å²) in [5.74, 6) is 0. The quantitative estimate of drug-likeness (QED) is 0.614. The summed E-state index contributed by atoms with van der Waals surface area (Å²) in [5, 5.41) is 0. The van der Waals surface area contributed by atoms with Gasteiger partial charge in [0, 0.05) is 31.1 Å². The average Bonchev–Trinajstić information content (AvgIpc) is 3.06. The number of nitrogens with zero attached hydrogens (tertiary/aromatic N) is 4. The van der Waals surface area contributed by atoms with Crippen molar-refractivity contribution in [3.63, 3.8) is 0 Å². The molecule has 1 aromatic rings. The third-order valence-electron chi connectivity index (χ3n) is 3.86. The number of carbonyl (C=O) groups excluding carboxylic acids is 1. The Balaban J connectivity index is 2.24. The molecule has 2 heterocycles. The van der Waals surface area contributed by atoms with Crippen molar-refractivity contribution in [1.82, 2.24) is 14.5 Å². The van der Waals surface area contributed by atoms with Gasteiger partial charge in [-0.2, -0.15) is 0 Å². The molecule has 0 bridgehead atoms. The molecule has 1 amide bonds. The van der Waals surface area contributed by atoms with Gasteiger partial charge in [0.05, 0.1) is 5.70 Å². The average molecular weight is 328 g/mol. The maximum absolute atomic E-state index is 12.9. The summed E-state index contributed by atoms with van der Waals surface area (Å²) >= 11 is 0. The van der Waals surface area contributed by atoms with Crippen LogP contribution >= 0.6 is 0 Å². The van der Waals surface area contributed by atoms with Gasteiger partial charge in [-0.15, -0.1) is 0 Å². The molecule has 6 nitrogen and oxygen atoms in total. The zero-order valence-electron chi connectivity index (χ0n) is 14.3. The smallest absolute Gasteiger partial charge is 0.333 e. The van der Waals surface area contributed by atoms with E-state index in [0.29, 0.717) is 30.3 Å². The van der Waals surface area contributed by atoms with E-state index in [1.54, 1.807) is 17.2 Å². The van der Waals surface area contributed by atoms with Gasteiger partial charge in [0.1, 0.15) is 12.0 Å². The molecule has 0 radical (unpaired) electrons. The van der Waals surface area contributed by atoms with Gasteiger partial charge in [-0.1, -0.05) is 18.7 Å². The molecule has 2 rings (SSSR count). The zero-order chi connectivity index (χ0) is 17.5. The Kier molecular flexibility index (Phi) is 6.26. The number of amides is 1. The summed E-state index contributed by atoms with van der Waals surface area (Å²) in [5.41, 5.74) is 1.94. The summed E-state index contributed by atoms with van der Waals surface area (Å²) in [6, 6.07) is -0.0623. The Morgan fingerprint density at radius 3 is 2.79 bits per heavy atom. The van der Waals surface area contributed by atoms with Gasteiger partial charge in [-0.3, -0.25) is 14.5 Å². The fourth-order valence-corrected chi connectivity index (χ4v) is 2.67. The molecule has 1 aliphatic rings. The highest BCUT2D eigenvalue weighted by Gasteiger charge is 2.27. The zero-order valence-corrected chi connectivity index (χ0v) is 14.3. The molecule has 24 heavy (non-hydrogen) atoms. The van der Waals surface area contributed by atoms with Gasteiger partial charge >= 0.3 is 6.03 Å². The molecule has 128 valence electrons. The highest BCUT2D eigenvalue weighted by molar-refractivity contribution is 5.80. The number of allylic oxidation sites excluding steroid dienone is 4.